The summed E-state index contributed by atoms with van der Waals surface area (Å²) >= 11 is 1.80. The highest BCUT2D eigenvalue weighted by atomic mass is 32.2. The Labute approximate surface area is 95.6 Å². The van der Waals surface area contributed by atoms with Gasteiger partial charge in [0.05, 0.1) is 5.25 Å². The molecule has 2 aliphatic rings. The molecule has 0 radical (unpaired) electrons. The largest absolute Gasteiger partial charge is 0.351 e. The number of carbonyl (C=O) groups excluding carboxylic acids is 1. The van der Waals surface area contributed by atoms with Crippen LogP contribution in [0, 0.1) is 5.92 Å². The van der Waals surface area contributed by atoms with E-state index in [-0.39, 0.29) is 17.2 Å². The summed E-state index contributed by atoms with van der Waals surface area (Å²) in [7, 11) is 0. The van der Waals surface area contributed by atoms with Crippen LogP contribution >= 0.6 is 11.8 Å². The molecule has 0 aromatic heterocycles. The number of rotatable bonds is 4. The number of amides is 1. The summed E-state index contributed by atoms with van der Waals surface area (Å²) < 4.78 is 0. The lowest BCUT2D eigenvalue weighted by Crippen LogP contribution is -2.45. The lowest BCUT2D eigenvalue weighted by atomic mass is 10.1. The molecule has 2 rings (SSSR count). The number of carbonyl (C=O) groups is 1. The van der Waals surface area contributed by atoms with E-state index in [1.807, 2.05) is 0 Å². The highest BCUT2D eigenvalue weighted by Crippen LogP contribution is 2.33. The van der Waals surface area contributed by atoms with Gasteiger partial charge in [0.2, 0.25) is 5.91 Å². The minimum Gasteiger partial charge on any atom is -0.351 e. The monoisotopic (exact) mass is 228 g/mol. The van der Waals surface area contributed by atoms with E-state index in [9.17, 15) is 4.79 Å². The molecular weight excluding hydrogens is 208 g/mol. The Morgan fingerprint density at radius 3 is 2.73 bits per heavy atom. The van der Waals surface area contributed by atoms with Crippen molar-refractivity contribution in [1.29, 1.82) is 0 Å². The van der Waals surface area contributed by atoms with E-state index in [1.54, 1.807) is 11.8 Å². The van der Waals surface area contributed by atoms with Gasteiger partial charge in [-0.15, -0.1) is 11.8 Å². The predicted molar refractivity (Wildman–Crippen MR) is 63.8 cm³/mol. The van der Waals surface area contributed by atoms with Crippen molar-refractivity contribution in [3.05, 3.63) is 0 Å². The normalized spacial score (nSPS) is 28.5. The molecule has 4 heteroatoms. The van der Waals surface area contributed by atoms with E-state index in [2.05, 4.69) is 5.32 Å². The molecule has 1 amide bonds. The summed E-state index contributed by atoms with van der Waals surface area (Å²) in [6.45, 7) is 0.591. The second-order valence-corrected chi connectivity index (χ2v) is 5.85. The van der Waals surface area contributed by atoms with Crippen LogP contribution in [0.4, 0.5) is 0 Å². The molecule has 1 aliphatic heterocycles. The Morgan fingerprint density at radius 2 is 2.20 bits per heavy atom. The van der Waals surface area contributed by atoms with Gasteiger partial charge in [-0.25, -0.2) is 0 Å². The van der Waals surface area contributed by atoms with Crippen LogP contribution in [0.15, 0.2) is 0 Å². The average Bonchev–Trinajstić information content (AvgIpc) is 3.10. The van der Waals surface area contributed by atoms with Crippen molar-refractivity contribution in [2.45, 2.75) is 43.4 Å². The second-order valence-electron chi connectivity index (χ2n) is 4.54. The Morgan fingerprint density at radius 1 is 1.40 bits per heavy atom. The van der Waals surface area contributed by atoms with Crippen molar-refractivity contribution >= 4 is 17.7 Å². The maximum atomic E-state index is 11.9. The average molecular weight is 228 g/mol. The number of hydrogen-bond acceptors (Lipinski definition) is 3. The number of hydrogen-bond donors (Lipinski definition) is 2. The molecule has 0 spiro atoms. The number of nitrogens with one attached hydrogen (secondary N) is 1. The molecule has 15 heavy (non-hydrogen) atoms. The maximum absolute atomic E-state index is 11.9. The van der Waals surface area contributed by atoms with Crippen LogP contribution in [-0.4, -0.2) is 29.5 Å². The minimum atomic E-state index is 0.187. The molecule has 1 heterocycles. The Kier molecular flexibility index (Phi) is 3.92. The molecule has 0 aromatic rings. The van der Waals surface area contributed by atoms with Gasteiger partial charge in [0, 0.05) is 12.6 Å². The third-order valence-electron chi connectivity index (χ3n) is 3.24. The highest BCUT2D eigenvalue weighted by Gasteiger charge is 2.33. The van der Waals surface area contributed by atoms with Crippen molar-refractivity contribution in [2.75, 3.05) is 12.3 Å². The van der Waals surface area contributed by atoms with Crippen LogP contribution in [0.2, 0.25) is 0 Å². The van der Waals surface area contributed by atoms with Crippen molar-refractivity contribution in [3.8, 4) is 0 Å². The van der Waals surface area contributed by atoms with Crippen LogP contribution < -0.4 is 11.1 Å². The highest BCUT2D eigenvalue weighted by molar-refractivity contribution is 8.00. The van der Waals surface area contributed by atoms with Gasteiger partial charge in [-0.1, -0.05) is 6.42 Å². The molecule has 3 N–H and O–H groups in total. The van der Waals surface area contributed by atoms with Gasteiger partial charge in [-0.2, -0.15) is 0 Å². The molecule has 2 atom stereocenters. The SMILES string of the molecule is NCC(NC(=O)C1CCCCS1)C1CC1. The van der Waals surface area contributed by atoms with Gasteiger partial charge in [-0.05, 0) is 37.4 Å². The minimum absolute atomic E-state index is 0.187. The molecule has 1 saturated heterocycles. The summed E-state index contributed by atoms with van der Waals surface area (Å²) in [4.78, 5) is 11.9. The zero-order chi connectivity index (χ0) is 10.7. The molecule has 0 bridgehead atoms. The summed E-state index contributed by atoms with van der Waals surface area (Å²) in [6.07, 6.45) is 5.97. The fourth-order valence-corrected chi connectivity index (χ4v) is 3.30. The zero-order valence-corrected chi connectivity index (χ0v) is 9.89. The van der Waals surface area contributed by atoms with Gasteiger partial charge < -0.3 is 11.1 Å². The van der Waals surface area contributed by atoms with Gasteiger partial charge in [0.25, 0.3) is 0 Å². The first-order valence-electron chi connectivity index (χ1n) is 5.93. The molecule has 2 fully saturated rings. The van der Waals surface area contributed by atoms with Crippen molar-refractivity contribution in [3.63, 3.8) is 0 Å². The lowest BCUT2D eigenvalue weighted by Gasteiger charge is -2.23. The fraction of sp³-hybridized carbons (Fsp3) is 0.909. The smallest absolute Gasteiger partial charge is 0.233 e. The molecule has 3 nitrogen and oxygen atoms in total. The van der Waals surface area contributed by atoms with Crippen LogP contribution in [-0.2, 0) is 4.79 Å². The summed E-state index contributed by atoms with van der Waals surface area (Å²) in [5.74, 6) is 2.02. The molecular formula is C11H20N2OS. The topological polar surface area (TPSA) is 55.1 Å². The van der Waals surface area contributed by atoms with E-state index < -0.39 is 0 Å². The van der Waals surface area contributed by atoms with Gasteiger partial charge in [-0.3, -0.25) is 4.79 Å². The maximum Gasteiger partial charge on any atom is 0.233 e. The number of thioether (sulfide) groups is 1. The van der Waals surface area contributed by atoms with Crippen LogP contribution in [0.3, 0.4) is 0 Å². The number of nitrogens with two attached hydrogens (primary N) is 1. The first kappa shape index (κ1) is 11.3. The van der Waals surface area contributed by atoms with Crippen molar-refractivity contribution in [1.82, 2.24) is 5.32 Å². The van der Waals surface area contributed by atoms with Crippen molar-refractivity contribution < 1.29 is 4.79 Å². The third kappa shape index (κ3) is 3.11. The Bertz CT molecular complexity index is 225. The van der Waals surface area contributed by atoms with Crippen LogP contribution in [0.5, 0.6) is 0 Å². The van der Waals surface area contributed by atoms with E-state index in [0.29, 0.717) is 12.5 Å². The van der Waals surface area contributed by atoms with Crippen LogP contribution in [0.25, 0.3) is 0 Å². The molecule has 86 valence electrons. The molecule has 1 saturated carbocycles. The Balaban J connectivity index is 1.78. The van der Waals surface area contributed by atoms with Crippen molar-refractivity contribution in [2.24, 2.45) is 11.7 Å². The van der Waals surface area contributed by atoms with E-state index >= 15 is 0 Å². The molecule has 1 aliphatic carbocycles. The zero-order valence-electron chi connectivity index (χ0n) is 9.08. The predicted octanol–water partition coefficient (Wildman–Crippen LogP) is 1.13. The third-order valence-corrected chi connectivity index (χ3v) is 4.62. The first-order chi connectivity index (χ1) is 7.31. The first-order valence-corrected chi connectivity index (χ1v) is 6.98. The quantitative estimate of drug-likeness (QED) is 0.758. The summed E-state index contributed by atoms with van der Waals surface area (Å²) in [5, 5.41) is 3.30. The van der Waals surface area contributed by atoms with E-state index in [0.717, 1.165) is 12.2 Å². The standard InChI is InChI=1S/C11H20N2OS/c12-7-9(8-4-5-8)13-11(14)10-3-1-2-6-15-10/h8-10H,1-7,12H2,(H,13,14). The Hall–Kier alpha value is -0.220. The van der Waals surface area contributed by atoms with Gasteiger partial charge >= 0.3 is 0 Å². The van der Waals surface area contributed by atoms with E-state index in [4.69, 9.17) is 5.73 Å². The van der Waals surface area contributed by atoms with Gasteiger partial charge in [0.1, 0.15) is 0 Å². The second kappa shape index (κ2) is 5.21. The fourth-order valence-electron chi connectivity index (χ4n) is 2.09. The van der Waals surface area contributed by atoms with Gasteiger partial charge in [0.15, 0.2) is 0 Å². The summed E-state index contributed by atoms with van der Waals surface area (Å²) in [6, 6.07) is 0.236. The lowest BCUT2D eigenvalue weighted by molar-refractivity contribution is -0.121. The molecule has 2 unspecified atom stereocenters. The van der Waals surface area contributed by atoms with Crippen LogP contribution in [0.1, 0.15) is 32.1 Å². The summed E-state index contributed by atoms with van der Waals surface area (Å²) in [5.41, 5.74) is 5.67. The van der Waals surface area contributed by atoms with E-state index in [1.165, 1.54) is 25.7 Å². The molecule has 0 aromatic carbocycles.